The Morgan fingerprint density at radius 2 is 2.23 bits per heavy atom. The molecule has 3 nitrogen and oxygen atoms in total. The molecule has 0 aliphatic rings. The van der Waals surface area contributed by atoms with E-state index in [1.54, 1.807) is 7.11 Å². The van der Waals surface area contributed by atoms with Crippen molar-refractivity contribution in [3.05, 3.63) is 23.8 Å². The number of aliphatic hydroxyl groups is 1. The number of hydrogen-bond donors (Lipinski definition) is 2. The van der Waals surface area contributed by atoms with Crippen LogP contribution in [-0.2, 0) is 6.42 Å². The Morgan fingerprint density at radius 1 is 1.46 bits per heavy atom. The molecule has 0 bridgehead atoms. The van der Waals surface area contributed by atoms with Crippen LogP contribution in [0.5, 0.6) is 5.75 Å². The molecule has 72 valence electrons. The Morgan fingerprint density at radius 3 is 2.85 bits per heavy atom. The summed E-state index contributed by atoms with van der Waals surface area (Å²) in [5.74, 6) is 0.808. The van der Waals surface area contributed by atoms with Gasteiger partial charge in [0.2, 0.25) is 0 Å². The maximum absolute atomic E-state index is 8.67. The number of hydrogen-bond acceptors (Lipinski definition) is 3. The summed E-state index contributed by atoms with van der Waals surface area (Å²) in [6.07, 6.45) is 1.52. The van der Waals surface area contributed by atoms with E-state index < -0.39 is 0 Å². The molecule has 0 saturated carbocycles. The maximum atomic E-state index is 8.67. The van der Waals surface area contributed by atoms with Gasteiger partial charge in [-0.1, -0.05) is 0 Å². The summed E-state index contributed by atoms with van der Waals surface area (Å²) in [7, 11) is 1.63. The van der Waals surface area contributed by atoms with Gasteiger partial charge in [-0.25, -0.2) is 0 Å². The van der Waals surface area contributed by atoms with Crippen LogP contribution < -0.4 is 10.5 Å². The Labute approximate surface area is 78.1 Å². The molecule has 0 unspecified atom stereocenters. The van der Waals surface area contributed by atoms with Crippen molar-refractivity contribution in [2.45, 2.75) is 12.8 Å². The lowest BCUT2D eigenvalue weighted by Crippen LogP contribution is -1.97. The Kier molecular flexibility index (Phi) is 3.58. The van der Waals surface area contributed by atoms with E-state index in [4.69, 9.17) is 15.6 Å². The van der Waals surface area contributed by atoms with Crippen molar-refractivity contribution in [1.82, 2.24) is 0 Å². The second-order valence-electron chi connectivity index (χ2n) is 2.89. The zero-order valence-corrected chi connectivity index (χ0v) is 7.79. The van der Waals surface area contributed by atoms with E-state index in [0.29, 0.717) is 0 Å². The molecule has 3 N–H and O–H groups in total. The fraction of sp³-hybridized carbons (Fsp3) is 0.400. The van der Waals surface area contributed by atoms with Crippen LogP contribution in [0.25, 0.3) is 0 Å². The smallest absolute Gasteiger partial charge is 0.119 e. The first-order valence-corrected chi connectivity index (χ1v) is 4.31. The lowest BCUT2D eigenvalue weighted by atomic mass is 10.1. The maximum Gasteiger partial charge on any atom is 0.119 e. The molecule has 3 heteroatoms. The van der Waals surface area contributed by atoms with E-state index in [0.717, 1.165) is 29.8 Å². The minimum absolute atomic E-state index is 0.191. The number of nitrogen functional groups attached to an aromatic ring is 1. The van der Waals surface area contributed by atoms with Crippen LogP contribution >= 0.6 is 0 Å². The lowest BCUT2D eigenvalue weighted by Gasteiger charge is -2.06. The predicted molar refractivity (Wildman–Crippen MR) is 52.8 cm³/mol. The molecule has 0 fully saturated rings. The molecule has 1 aromatic carbocycles. The number of aliphatic hydroxyl groups excluding tert-OH is 1. The molecule has 1 rings (SSSR count). The third-order valence-corrected chi connectivity index (χ3v) is 1.95. The molecule has 0 radical (unpaired) electrons. The van der Waals surface area contributed by atoms with Crippen molar-refractivity contribution in [2.24, 2.45) is 0 Å². The number of anilines is 1. The Bertz CT molecular complexity index is 274. The Hall–Kier alpha value is -1.22. The monoisotopic (exact) mass is 181 g/mol. The first-order valence-electron chi connectivity index (χ1n) is 4.31. The zero-order valence-electron chi connectivity index (χ0n) is 7.79. The van der Waals surface area contributed by atoms with Crippen molar-refractivity contribution in [1.29, 1.82) is 0 Å². The molecule has 0 aliphatic heterocycles. The Balaban J connectivity index is 2.78. The summed E-state index contributed by atoms with van der Waals surface area (Å²) in [6, 6.07) is 5.56. The van der Waals surface area contributed by atoms with Crippen molar-refractivity contribution in [3.8, 4) is 5.75 Å². The number of methoxy groups -OCH3 is 1. The van der Waals surface area contributed by atoms with Gasteiger partial charge in [-0.05, 0) is 36.6 Å². The van der Waals surface area contributed by atoms with E-state index in [2.05, 4.69) is 0 Å². The van der Waals surface area contributed by atoms with Crippen molar-refractivity contribution < 1.29 is 9.84 Å². The molecule has 0 saturated heterocycles. The molecule has 1 aromatic rings. The molecule has 0 spiro atoms. The van der Waals surface area contributed by atoms with Crippen molar-refractivity contribution in [3.63, 3.8) is 0 Å². The van der Waals surface area contributed by atoms with Crippen LogP contribution in [0.15, 0.2) is 18.2 Å². The van der Waals surface area contributed by atoms with Crippen LogP contribution in [0.1, 0.15) is 12.0 Å². The summed E-state index contributed by atoms with van der Waals surface area (Å²) >= 11 is 0. The summed E-state index contributed by atoms with van der Waals surface area (Å²) in [4.78, 5) is 0. The largest absolute Gasteiger partial charge is 0.497 e. The molecular formula is C10H15NO2. The lowest BCUT2D eigenvalue weighted by molar-refractivity contribution is 0.288. The second-order valence-corrected chi connectivity index (χ2v) is 2.89. The van der Waals surface area contributed by atoms with Gasteiger partial charge in [0.15, 0.2) is 0 Å². The average Bonchev–Trinajstić information content (AvgIpc) is 2.17. The average molecular weight is 181 g/mol. The van der Waals surface area contributed by atoms with Crippen LogP contribution in [0.4, 0.5) is 5.69 Å². The van der Waals surface area contributed by atoms with Crippen LogP contribution in [0, 0.1) is 0 Å². The first kappa shape index (κ1) is 9.86. The number of aryl methyl sites for hydroxylation is 1. The highest BCUT2D eigenvalue weighted by molar-refractivity contribution is 5.50. The third-order valence-electron chi connectivity index (χ3n) is 1.95. The summed E-state index contributed by atoms with van der Waals surface area (Å²) in [6.45, 7) is 0.191. The van der Waals surface area contributed by atoms with Crippen LogP contribution in [0.2, 0.25) is 0 Å². The number of ether oxygens (including phenoxy) is 1. The van der Waals surface area contributed by atoms with Gasteiger partial charge in [0.1, 0.15) is 5.75 Å². The van der Waals surface area contributed by atoms with E-state index in [1.807, 2.05) is 18.2 Å². The van der Waals surface area contributed by atoms with Crippen LogP contribution in [0.3, 0.4) is 0 Å². The molecule has 0 atom stereocenters. The molecular weight excluding hydrogens is 166 g/mol. The SMILES string of the molecule is COc1ccc(N)c(CCCO)c1. The summed E-state index contributed by atoms with van der Waals surface area (Å²) in [5.41, 5.74) is 7.54. The molecule has 13 heavy (non-hydrogen) atoms. The molecule has 0 aromatic heterocycles. The van der Waals surface area contributed by atoms with Gasteiger partial charge in [0.25, 0.3) is 0 Å². The number of rotatable bonds is 4. The minimum atomic E-state index is 0.191. The van der Waals surface area contributed by atoms with Crippen molar-refractivity contribution in [2.75, 3.05) is 19.5 Å². The number of benzene rings is 1. The third kappa shape index (κ3) is 2.63. The van der Waals surface area contributed by atoms with Crippen LogP contribution in [-0.4, -0.2) is 18.8 Å². The fourth-order valence-corrected chi connectivity index (χ4v) is 1.20. The van der Waals surface area contributed by atoms with Gasteiger partial charge < -0.3 is 15.6 Å². The number of nitrogens with two attached hydrogens (primary N) is 1. The van der Waals surface area contributed by atoms with Gasteiger partial charge in [-0.2, -0.15) is 0 Å². The van der Waals surface area contributed by atoms with Gasteiger partial charge in [0.05, 0.1) is 7.11 Å². The summed E-state index contributed by atoms with van der Waals surface area (Å²) in [5, 5.41) is 8.67. The van der Waals surface area contributed by atoms with E-state index in [-0.39, 0.29) is 6.61 Å². The van der Waals surface area contributed by atoms with Crippen molar-refractivity contribution >= 4 is 5.69 Å². The standard InChI is InChI=1S/C10H15NO2/c1-13-9-4-5-10(11)8(7-9)3-2-6-12/h4-5,7,12H,2-3,6,11H2,1H3. The molecule has 0 aliphatic carbocycles. The molecule has 0 amide bonds. The van der Waals surface area contributed by atoms with Gasteiger partial charge in [-0.15, -0.1) is 0 Å². The fourth-order valence-electron chi connectivity index (χ4n) is 1.20. The minimum Gasteiger partial charge on any atom is -0.497 e. The van der Waals surface area contributed by atoms with E-state index >= 15 is 0 Å². The normalized spacial score (nSPS) is 10.0. The second kappa shape index (κ2) is 4.72. The molecule has 0 heterocycles. The summed E-state index contributed by atoms with van der Waals surface area (Å²) < 4.78 is 5.07. The van der Waals surface area contributed by atoms with Gasteiger partial charge >= 0.3 is 0 Å². The van der Waals surface area contributed by atoms with E-state index in [1.165, 1.54) is 0 Å². The van der Waals surface area contributed by atoms with Gasteiger partial charge in [-0.3, -0.25) is 0 Å². The zero-order chi connectivity index (χ0) is 9.68. The van der Waals surface area contributed by atoms with Gasteiger partial charge in [0, 0.05) is 12.3 Å². The highest BCUT2D eigenvalue weighted by atomic mass is 16.5. The predicted octanol–water partition coefficient (Wildman–Crippen LogP) is 1.20. The quantitative estimate of drug-likeness (QED) is 0.686. The first-order chi connectivity index (χ1) is 6.27. The van der Waals surface area contributed by atoms with E-state index in [9.17, 15) is 0 Å². The highest BCUT2D eigenvalue weighted by Gasteiger charge is 2.00. The topological polar surface area (TPSA) is 55.5 Å². The highest BCUT2D eigenvalue weighted by Crippen LogP contribution is 2.20.